The van der Waals surface area contributed by atoms with Gasteiger partial charge in [-0.2, -0.15) is 0 Å². The summed E-state index contributed by atoms with van der Waals surface area (Å²) in [5, 5.41) is 1.60. The zero-order chi connectivity index (χ0) is 19.2. The van der Waals surface area contributed by atoms with Crippen molar-refractivity contribution in [2.24, 2.45) is 11.3 Å². The average molecular weight is 382 g/mol. The first-order chi connectivity index (χ1) is 12.9. The summed E-state index contributed by atoms with van der Waals surface area (Å²) in [5.41, 5.74) is 5.10. The summed E-state index contributed by atoms with van der Waals surface area (Å²) in [6.45, 7) is 6.94. The number of halogens is 2. The van der Waals surface area contributed by atoms with E-state index in [1.807, 2.05) is 30.3 Å². The van der Waals surface area contributed by atoms with Gasteiger partial charge in [-0.1, -0.05) is 57.0 Å². The average Bonchev–Trinajstić information content (AvgIpc) is 2.66. The summed E-state index contributed by atoms with van der Waals surface area (Å²) < 4.78 is 14.8. The van der Waals surface area contributed by atoms with Crippen molar-refractivity contribution >= 4 is 22.5 Å². The van der Waals surface area contributed by atoms with Crippen molar-refractivity contribution in [2.45, 2.75) is 46.5 Å². The lowest BCUT2D eigenvalue weighted by atomic mass is 9.68. The number of pyridine rings is 1. The van der Waals surface area contributed by atoms with Gasteiger partial charge in [0.15, 0.2) is 0 Å². The van der Waals surface area contributed by atoms with Gasteiger partial charge in [0.25, 0.3) is 0 Å². The SMILES string of the molecule is CCC(C)(C)[C@@H]1CCc2nc3ccc(Cl)cc3c(-c3ccccc3F)c2C1. The van der Waals surface area contributed by atoms with E-state index >= 15 is 0 Å². The molecule has 4 rings (SSSR count). The predicted octanol–water partition coefficient (Wildman–Crippen LogP) is 7.24. The summed E-state index contributed by atoms with van der Waals surface area (Å²) in [6, 6.07) is 12.8. The Morgan fingerprint density at radius 3 is 2.70 bits per heavy atom. The molecule has 27 heavy (non-hydrogen) atoms. The molecule has 0 N–H and O–H groups in total. The second-order valence-corrected chi connectivity index (χ2v) is 8.77. The first kappa shape index (κ1) is 18.4. The maximum Gasteiger partial charge on any atom is 0.131 e. The minimum absolute atomic E-state index is 0.191. The first-order valence-electron chi connectivity index (χ1n) is 9.76. The van der Waals surface area contributed by atoms with Gasteiger partial charge in [-0.15, -0.1) is 0 Å². The van der Waals surface area contributed by atoms with Crippen LogP contribution in [0.25, 0.3) is 22.0 Å². The van der Waals surface area contributed by atoms with E-state index in [2.05, 4.69) is 20.8 Å². The molecular formula is C24H25ClFN. The molecule has 3 heteroatoms. The minimum Gasteiger partial charge on any atom is -0.253 e. The molecule has 140 valence electrons. The molecule has 1 heterocycles. The molecule has 0 unspecified atom stereocenters. The molecule has 0 radical (unpaired) electrons. The molecule has 1 aromatic heterocycles. The van der Waals surface area contributed by atoms with Crippen molar-refractivity contribution in [3.05, 3.63) is 64.6 Å². The van der Waals surface area contributed by atoms with Crippen LogP contribution in [0.5, 0.6) is 0 Å². The Bertz CT molecular complexity index is 1010. The van der Waals surface area contributed by atoms with E-state index in [1.165, 1.54) is 11.6 Å². The molecule has 0 saturated heterocycles. The van der Waals surface area contributed by atoms with Crippen molar-refractivity contribution in [1.82, 2.24) is 4.98 Å². The number of nitrogens with zero attached hydrogens (tertiary/aromatic N) is 1. The molecule has 0 spiro atoms. The van der Waals surface area contributed by atoms with Crippen molar-refractivity contribution < 1.29 is 4.39 Å². The Labute approximate surface area is 165 Å². The number of aryl methyl sites for hydroxylation is 1. The van der Waals surface area contributed by atoms with Crippen LogP contribution in [0.4, 0.5) is 4.39 Å². The summed E-state index contributed by atoms with van der Waals surface area (Å²) in [7, 11) is 0. The summed E-state index contributed by atoms with van der Waals surface area (Å²) in [4.78, 5) is 4.93. The van der Waals surface area contributed by atoms with E-state index in [9.17, 15) is 4.39 Å². The summed E-state index contributed by atoms with van der Waals surface area (Å²) in [6.07, 6.45) is 4.16. The lowest BCUT2D eigenvalue weighted by Crippen LogP contribution is -2.29. The number of hydrogen-bond acceptors (Lipinski definition) is 1. The highest BCUT2D eigenvalue weighted by Crippen LogP contribution is 2.44. The molecule has 1 atom stereocenters. The number of hydrogen-bond donors (Lipinski definition) is 0. The Morgan fingerprint density at radius 1 is 1.19 bits per heavy atom. The highest BCUT2D eigenvalue weighted by Gasteiger charge is 2.33. The number of fused-ring (bicyclic) bond motifs is 2. The van der Waals surface area contributed by atoms with E-state index in [0.29, 0.717) is 16.5 Å². The second-order valence-electron chi connectivity index (χ2n) is 8.34. The van der Waals surface area contributed by atoms with Crippen molar-refractivity contribution in [3.63, 3.8) is 0 Å². The van der Waals surface area contributed by atoms with E-state index in [0.717, 1.165) is 47.8 Å². The Balaban J connectivity index is 2.00. The molecule has 3 aromatic rings. The van der Waals surface area contributed by atoms with Crippen LogP contribution in [0.15, 0.2) is 42.5 Å². The number of aromatic nitrogens is 1. The Hall–Kier alpha value is -1.93. The number of benzene rings is 2. The lowest BCUT2D eigenvalue weighted by Gasteiger charge is -2.38. The second kappa shape index (κ2) is 6.91. The van der Waals surface area contributed by atoms with Gasteiger partial charge < -0.3 is 0 Å². The summed E-state index contributed by atoms with van der Waals surface area (Å²) >= 11 is 6.30. The van der Waals surface area contributed by atoms with Gasteiger partial charge in [0.05, 0.1) is 5.52 Å². The number of rotatable bonds is 3. The van der Waals surface area contributed by atoms with Crippen LogP contribution in [-0.4, -0.2) is 4.98 Å². The van der Waals surface area contributed by atoms with Gasteiger partial charge >= 0.3 is 0 Å². The van der Waals surface area contributed by atoms with Crippen LogP contribution in [0.3, 0.4) is 0 Å². The molecule has 0 aliphatic heterocycles. The van der Waals surface area contributed by atoms with Crippen LogP contribution in [0.1, 0.15) is 44.9 Å². The van der Waals surface area contributed by atoms with Gasteiger partial charge in [-0.3, -0.25) is 4.98 Å². The highest BCUT2D eigenvalue weighted by atomic mass is 35.5. The van der Waals surface area contributed by atoms with Gasteiger partial charge in [0.2, 0.25) is 0 Å². The van der Waals surface area contributed by atoms with Crippen molar-refractivity contribution in [2.75, 3.05) is 0 Å². The fraction of sp³-hybridized carbons (Fsp3) is 0.375. The first-order valence-corrected chi connectivity index (χ1v) is 10.1. The molecule has 0 saturated carbocycles. The topological polar surface area (TPSA) is 12.9 Å². The monoisotopic (exact) mass is 381 g/mol. The molecule has 2 aromatic carbocycles. The van der Waals surface area contributed by atoms with Crippen molar-refractivity contribution in [3.8, 4) is 11.1 Å². The van der Waals surface area contributed by atoms with Crippen LogP contribution in [-0.2, 0) is 12.8 Å². The molecule has 1 nitrogen and oxygen atoms in total. The van der Waals surface area contributed by atoms with Crippen LogP contribution < -0.4 is 0 Å². The van der Waals surface area contributed by atoms with E-state index in [4.69, 9.17) is 16.6 Å². The molecule has 0 amide bonds. The quantitative estimate of drug-likeness (QED) is 0.466. The maximum absolute atomic E-state index is 14.8. The molecular weight excluding hydrogens is 357 g/mol. The van der Waals surface area contributed by atoms with Gasteiger partial charge in [0.1, 0.15) is 5.82 Å². The standard InChI is InChI=1S/C24H25ClFN/c1-4-24(2,3)15-9-11-21-18(13-15)23(17-7-5-6-8-20(17)26)19-14-16(25)10-12-22(19)27-21/h5-8,10,12,14-15H,4,9,11,13H2,1-3H3/t15-/m1/s1. The van der Waals surface area contributed by atoms with E-state index in [1.54, 1.807) is 6.07 Å². The lowest BCUT2D eigenvalue weighted by molar-refractivity contribution is 0.182. The van der Waals surface area contributed by atoms with Gasteiger partial charge in [-0.05, 0) is 66.0 Å². The fourth-order valence-electron chi connectivity index (χ4n) is 4.34. The fourth-order valence-corrected chi connectivity index (χ4v) is 4.51. The summed E-state index contributed by atoms with van der Waals surface area (Å²) in [5.74, 6) is 0.378. The predicted molar refractivity (Wildman–Crippen MR) is 112 cm³/mol. The molecule has 0 fully saturated rings. The smallest absolute Gasteiger partial charge is 0.131 e. The van der Waals surface area contributed by atoms with Crippen molar-refractivity contribution in [1.29, 1.82) is 0 Å². The van der Waals surface area contributed by atoms with Crippen LogP contribution in [0, 0.1) is 17.2 Å². The molecule has 0 bridgehead atoms. The zero-order valence-corrected chi connectivity index (χ0v) is 16.9. The Kier molecular flexibility index (Phi) is 4.71. The Morgan fingerprint density at radius 2 is 1.96 bits per heavy atom. The third-order valence-electron chi connectivity index (χ3n) is 6.47. The van der Waals surface area contributed by atoms with Crippen LogP contribution in [0.2, 0.25) is 5.02 Å². The third kappa shape index (κ3) is 3.25. The largest absolute Gasteiger partial charge is 0.253 e. The highest BCUT2D eigenvalue weighted by molar-refractivity contribution is 6.31. The maximum atomic E-state index is 14.8. The van der Waals surface area contributed by atoms with E-state index in [-0.39, 0.29) is 11.2 Å². The molecule has 1 aliphatic rings. The minimum atomic E-state index is -0.191. The van der Waals surface area contributed by atoms with E-state index < -0.39 is 0 Å². The zero-order valence-electron chi connectivity index (χ0n) is 16.2. The third-order valence-corrected chi connectivity index (χ3v) is 6.71. The van der Waals surface area contributed by atoms with Crippen LogP contribution >= 0.6 is 11.6 Å². The normalized spacial score (nSPS) is 17.1. The van der Waals surface area contributed by atoms with Gasteiger partial charge in [0, 0.05) is 21.7 Å². The van der Waals surface area contributed by atoms with Gasteiger partial charge in [-0.25, -0.2) is 4.39 Å². The molecule has 1 aliphatic carbocycles.